The van der Waals surface area contributed by atoms with Gasteiger partial charge in [0.15, 0.2) is 0 Å². The van der Waals surface area contributed by atoms with E-state index < -0.39 is 0 Å². The minimum Gasteiger partial charge on any atom is -0.256 e. The first-order valence-corrected chi connectivity index (χ1v) is 4.76. The Balaban J connectivity index is 2.53. The Kier molecular flexibility index (Phi) is 2.66. The van der Waals surface area contributed by atoms with Crippen LogP contribution in [-0.4, -0.2) is 9.97 Å². The van der Waals surface area contributed by atoms with Crippen molar-refractivity contribution in [1.82, 2.24) is 9.97 Å². The van der Waals surface area contributed by atoms with Crippen molar-refractivity contribution in [1.29, 1.82) is 0 Å². The Labute approximate surface area is 91.5 Å². The summed E-state index contributed by atoms with van der Waals surface area (Å²) in [6, 6.07) is 9.11. The van der Waals surface area contributed by atoms with E-state index in [9.17, 15) is 0 Å². The molecule has 0 aliphatic rings. The molecule has 0 saturated carbocycles. The van der Waals surface area contributed by atoms with Crippen LogP contribution in [0.25, 0.3) is 11.3 Å². The van der Waals surface area contributed by atoms with Gasteiger partial charge in [-0.1, -0.05) is 29.3 Å². The molecule has 2 aromatic rings. The highest BCUT2D eigenvalue weighted by atomic mass is 35.5. The van der Waals surface area contributed by atoms with Crippen LogP contribution in [0.3, 0.4) is 0 Å². The van der Waals surface area contributed by atoms with Gasteiger partial charge in [-0.2, -0.15) is 0 Å². The Morgan fingerprint density at radius 3 is 2.50 bits per heavy atom. The van der Waals surface area contributed by atoms with Crippen LogP contribution in [0.15, 0.2) is 36.5 Å². The highest BCUT2D eigenvalue weighted by molar-refractivity contribution is 6.34. The van der Waals surface area contributed by atoms with E-state index in [2.05, 4.69) is 9.97 Å². The molecule has 4 heteroatoms. The van der Waals surface area contributed by atoms with E-state index in [1.807, 2.05) is 18.2 Å². The fourth-order valence-corrected chi connectivity index (χ4v) is 1.57. The number of nitrogens with zero attached hydrogens (tertiary/aromatic N) is 2. The average molecular weight is 225 g/mol. The largest absolute Gasteiger partial charge is 0.256 e. The highest BCUT2D eigenvalue weighted by Gasteiger charge is 2.05. The molecule has 0 fully saturated rings. The summed E-state index contributed by atoms with van der Waals surface area (Å²) >= 11 is 11.6. The van der Waals surface area contributed by atoms with Gasteiger partial charge in [0.2, 0.25) is 0 Å². The van der Waals surface area contributed by atoms with Crippen LogP contribution < -0.4 is 0 Å². The second-order valence-electron chi connectivity index (χ2n) is 2.69. The van der Waals surface area contributed by atoms with Crippen LogP contribution in [0.5, 0.6) is 0 Å². The smallest absolute Gasteiger partial charge is 0.140 e. The monoisotopic (exact) mass is 224 g/mol. The maximum absolute atomic E-state index is 5.93. The molecule has 14 heavy (non-hydrogen) atoms. The molecule has 70 valence electrons. The number of halogens is 2. The minimum atomic E-state index is 0.371. The van der Waals surface area contributed by atoms with Crippen molar-refractivity contribution in [3.05, 3.63) is 46.8 Å². The SMILES string of the molecule is Clc1ccc(-c2ccccn2)c(Cl)n1. The third-order valence-electron chi connectivity index (χ3n) is 1.76. The topological polar surface area (TPSA) is 25.8 Å². The van der Waals surface area contributed by atoms with Crippen LogP contribution in [-0.2, 0) is 0 Å². The first kappa shape index (κ1) is 9.44. The highest BCUT2D eigenvalue weighted by Crippen LogP contribution is 2.25. The lowest BCUT2D eigenvalue weighted by atomic mass is 10.2. The van der Waals surface area contributed by atoms with Gasteiger partial charge >= 0.3 is 0 Å². The van der Waals surface area contributed by atoms with E-state index >= 15 is 0 Å². The zero-order chi connectivity index (χ0) is 9.97. The van der Waals surface area contributed by atoms with Gasteiger partial charge in [-0.25, -0.2) is 4.98 Å². The first-order valence-electron chi connectivity index (χ1n) is 4.01. The van der Waals surface area contributed by atoms with Gasteiger partial charge < -0.3 is 0 Å². The van der Waals surface area contributed by atoms with Crippen LogP contribution >= 0.6 is 23.2 Å². The van der Waals surface area contributed by atoms with Gasteiger partial charge in [-0.3, -0.25) is 4.98 Å². The lowest BCUT2D eigenvalue weighted by Crippen LogP contribution is -1.86. The van der Waals surface area contributed by atoms with Gasteiger partial charge in [0.05, 0.1) is 5.69 Å². The summed E-state index contributed by atoms with van der Waals surface area (Å²) in [5.74, 6) is 0. The summed E-state index contributed by atoms with van der Waals surface area (Å²) in [6.45, 7) is 0. The third-order valence-corrected chi connectivity index (χ3v) is 2.25. The summed E-state index contributed by atoms with van der Waals surface area (Å²) in [4.78, 5) is 8.11. The summed E-state index contributed by atoms with van der Waals surface area (Å²) in [6.07, 6.45) is 1.71. The second-order valence-corrected chi connectivity index (χ2v) is 3.43. The summed E-state index contributed by atoms with van der Waals surface area (Å²) in [5, 5.41) is 0.755. The van der Waals surface area contributed by atoms with Crippen molar-refractivity contribution in [2.45, 2.75) is 0 Å². The fraction of sp³-hybridized carbons (Fsp3) is 0. The molecule has 2 nitrogen and oxygen atoms in total. The summed E-state index contributed by atoms with van der Waals surface area (Å²) in [7, 11) is 0. The Morgan fingerprint density at radius 2 is 1.86 bits per heavy atom. The van der Waals surface area contributed by atoms with Gasteiger partial charge in [0.1, 0.15) is 10.3 Å². The molecule has 2 aromatic heterocycles. The van der Waals surface area contributed by atoms with Gasteiger partial charge in [-0.15, -0.1) is 0 Å². The lowest BCUT2D eigenvalue weighted by Gasteiger charge is -2.01. The molecular weight excluding hydrogens is 219 g/mol. The molecule has 0 radical (unpaired) electrons. The Morgan fingerprint density at radius 1 is 1.00 bits per heavy atom. The molecule has 0 aliphatic heterocycles. The zero-order valence-corrected chi connectivity index (χ0v) is 8.63. The van der Waals surface area contributed by atoms with E-state index in [0.29, 0.717) is 10.3 Å². The quantitative estimate of drug-likeness (QED) is 0.694. The predicted octanol–water partition coefficient (Wildman–Crippen LogP) is 3.45. The molecule has 0 bridgehead atoms. The van der Waals surface area contributed by atoms with Crippen LogP contribution in [0.1, 0.15) is 0 Å². The van der Waals surface area contributed by atoms with Crippen LogP contribution in [0, 0.1) is 0 Å². The maximum atomic E-state index is 5.93. The normalized spacial score (nSPS) is 10.1. The number of aromatic nitrogens is 2. The number of pyridine rings is 2. The molecule has 0 atom stereocenters. The van der Waals surface area contributed by atoms with Crippen molar-refractivity contribution in [3.63, 3.8) is 0 Å². The third kappa shape index (κ3) is 1.86. The van der Waals surface area contributed by atoms with Gasteiger partial charge in [0.25, 0.3) is 0 Å². The standard InChI is InChI=1S/C10H6Cl2N2/c11-9-5-4-7(10(12)14-9)8-3-1-2-6-13-8/h1-6H. The molecule has 2 rings (SSSR count). The van der Waals surface area contributed by atoms with Crippen molar-refractivity contribution in [3.8, 4) is 11.3 Å². The van der Waals surface area contributed by atoms with Crippen LogP contribution in [0.2, 0.25) is 10.3 Å². The molecule has 0 aromatic carbocycles. The molecule has 2 heterocycles. The fourth-order valence-electron chi connectivity index (χ4n) is 1.13. The molecule has 0 amide bonds. The molecule has 0 aliphatic carbocycles. The van der Waals surface area contributed by atoms with Gasteiger partial charge in [-0.05, 0) is 24.3 Å². The van der Waals surface area contributed by atoms with Crippen molar-refractivity contribution in [2.24, 2.45) is 0 Å². The van der Waals surface area contributed by atoms with E-state index in [1.54, 1.807) is 18.3 Å². The molecule has 0 unspecified atom stereocenters. The van der Waals surface area contributed by atoms with E-state index in [-0.39, 0.29) is 0 Å². The van der Waals surface area contributed by atoms with Crippen molar-refractivity contribution < 1.29 is 0 Å². The first-order chi connectivity index (χ1) is 6.77. The van der Waals surface area contributed by atoms with Gasteiger partial charge in [0, 0.05) is 11.8 Å². The molecular formula is C10H6Cl2N2. The second kappa shape index (κ2) is 3.95. The maximum Gasteiger partial charge on any atom is 0.140 e. The average Bonchev–Trinajstić information content (AvgIpc) is 2.19. The molecule has 0 saturated heterocycles. The number of hydrogen-bond acceptors (Lipinski definition) is 2. The Hall–Kier alpha value is -1.12. The van der Waals surface area contributed by atoms with E-state index in [1.165, 1.54) is 0 Å². The lowest BCUT2D eigenvalue weighted by molar-refractivity contribution is 1.28. The summed E-state index contributed by atoms with van der Waals surface area (Å²) < 4.78 is 0. The van der Waals surface area contributed by atoms with E-state index in [4.69, 9.17) is 23.2 Å². The predicted molar refractivity (Wildman–Crippen MR) is 57.5 cm³/mol. The van der Waals surface area contributed by atoms with E-state index in [0.717, 1.165) is 11.3 Å². The van der Waals surface area contributed by atoms with Crippen molar-refractivity contribution in [2.75, 3.05) is 0 Å². The number of hydrogen-bond donors (Lipinski definition) is 0. The molecule has 0 spiro atoms. The summed E-state index contributed by atoms with van der Waals surface area (Å²) in [5.41, 5.74) is 1.58. The number of rotatable bonds is 1. The van der Waals surface area contributed by atoms with Crippen LogP contribution in [0.4, 0.5) is 0 Å². The van der Waals surface area contributed by atoms with Crippen molar-refractivity contribution >= 4 is 23.2 Å². The minimum absolute atomic E-state index is 0.371. The zero-order valence-electron chi connectivity index (χ0n) is 7.11. The molecule has 0 N–H and O–H groups in total. The Bertz CT molecular complexity index is 443.